The highest BCUT2D eigenvalue weighted by Crippen LogP contribution is 2.17. The second-order valence-electron chi connectivity index (χ2n) is 2.63. The third-order valence-corrected chi connectivity index (χ3v) is 1.51. The number of hydrogen-bond donors (Lipinski definition) is 2. The van der Waals surface area contributed by atoms with Gasteiger partial charge in [-0.2, -0.15) is 0 Å². The van der Waals surface area contributed by atoms with E-state index in [2.05, 4.69) is 0 Å². The van der Waals surface area contributed by atoms with Crippen LogP contribution in [0.1, 0.15) is 6.42 Å². The summed E-state index contributed by atoms with van der Waals surface area (Å²) >= 11 is 0. The molecule has 0 aromatic rings. The number of carboxylic acid groups (broad SMARTS) is 1. The van der Waals surface area contributed by atoms with Gasteiger partial charge in [-0.1, -0.05) is 0 Å². The van der Waals surface area contributed by atoms with Crippen LogP contribution in [0.5, 0.6) is 0 Å². The average Bonchev–Trinajstić information content (AvgIpc) is 1.94. The zero-order chi connectivity index (χ0) is 9.19. The fraction of sp³-hybridized carbons (Fsp3) is 0.250. The van der Waals surface area contributed by atoms with Crippen LogP contribution >= 0.6 is 0 Å². The molecule has 0 amide bonds. The number of ketones is 1. The van der Waals surface area contributed by atoms with E-state index in [1.165, 1.54) is 12.2 Å². The molecule has 0 saturated heterocycles. The molecule has 4 heteroatoms. The molecule has 0 fully saturated rings. The third kappa shape index (κ3) is 2.03. The molecule has 0 spiro atoms. The van der Waals surface area contributed by atoms with Crippen molar-refractivity contribution in [3.8, 4) is 0 Å². The fourth-order valence-electron chi connectivity index (χ4n) is 0.924. The van der Waals surface area contributed by atoms with Crippen LogP contribution in [0.15, 0.2) is 24.3 Å². The highest BCUT2D eigenvalue weighted by atomic mass is 16.4. The minimum Gasteiger partial charge on any atom is -0.481 e. The van der Waals surface area contributed by atoms with Crippen LogP contribution in [-0.2, 0) is 9.59 Å². The Balaban J connectivity index is 2.74. The Morgan fingerprint density at radius 3 is 2.33 bits per heavy atom. The summed E-state index contributed by atoms with van der Waals surface area (Å²) in [6, 6.07) is 0. The van der Waals surface area contributed by atoms with E-state index in [0.29, 0.717) is 0 Å². The van der Waals surface area contributed by atoms with E-state index in [9.17, 15) is 14.7 Å². The Kier molecular flexibility index (Phi) is 2.10. The predicted octanol–water partition coefficient (Wildman–Crippen LogP) is -0.113. The molecule has 0 heterocycles. The van der Waals surface area contributed by atoms with E-state index < -0.39 is 18.0 Å². The van der Waals surface area contributed by atoms with Crippen molar-refractivity contribution >= 4 is 11.8 Å². The van der Waals surface area contributed by atoms with E-state index in [1.807, 2.05) is 0 Å². The van der Waals surface area contributed by atoms with Gasteiger partial charge in [0.25, 0.3) is 0 Å². The van der Waals surface area contributed by atoms with Gasteiger partial charge in [0.1, 0.15) is 5.60 Å². The number of allylic oxidation sites excluding steroid dienone is 2. The van der Waals surface area contributed by atoms with Crippen molar-refractivity contribution in [1.29, 1.82) is 0 Å². The average molecular weight is 168 g/mol. The number of hydrogen-bond acceptors (Lipinski definition) is 3. The Bertz CT molecular complexity index is 259. The molecule has 0 aliphatic heterocycles. The molecule has 0 bridgehead atoms. The van der Waals surface area contributed by atoms with Crippen molar-refractivity contribution in [2.45, 2.75) is 12.0 Å². The quantitative estimate of drug-likeness (QED) is 0.603. The van der Waals surface area contributed by atoms with Gasteiger partial charge in [-0.25, -0.2) is 0 Å². The minimum absolute atomic E-state index is 0.245. The van der Waals surface area contributed by atoms with Crippen molar-refractivity contribution in [3.05, 3.63) is 24.3 Å². The molecule has 0 aromatic carbocycles. The lowest BCUT2D eigenvalue weighted by atomic mass is 9.94. The fourth-order valence-corrected chi connectivity index (χ4v) is 0.924. The van der Waals surface area contributed by atoms with Crippen LogP contribution in [-0.4, -0.2) is 27.6 Å². The zero-order valence-corrected chi connectivity index (χ0v) is 6.23. The van der Waals surface area contributed by atoms with E-state index in [-0.39, 0.29) is 5.78 Å². The maximum atomic E-state index is 10.6. The Morgan fingerprint density at radius 1 is 1.42 bits per heavy atom. The first-order chi connectivity index (χ1) is 5.52. The minimum atomic E-state index is -1.50. The summed E-state index contributed by atoms with van der Waals surface area (Å²) in [6.07, 6.45) is 4.26. The Hall–Kier alpha value is -1.42. The molecule has 1 aliphatic rings. The molecule has 64 valence electrons. The first kappa shape index (κ1) is 8.67. The van der Waals surface area contributed by atoms with Crippen molar-refractivity contribution < 1.29 is 19.8 Å². The van der Waals surface area contributed by atoms with E-state index >= 15 is 0 Å². The lowest BCUT2D eigenvalue weighted by Gasteiger charge is -2.19. The van der Waals surface area contributed by atoms with Gasteiger partial charge in [-0.15, -0.1) is 0 Å². The largest absolute Gasteiger partial charge is 0.481 e. The van der Waals surface area contributed by atoms with Crippen molar-refractivity contribution in [2.24, 2.45) is 0 Å². The molecule has 1 rings (SSSR count). The summed E-state index contributed by atoms with van der Waals surface area (Å²) < 4.78 is 0. The number of carboxylic acids is 1. The number of aliphatic carboxylic acids is 1. The van der Waals surface area contributed by atoms with Gasteiger partial charge in [0.05, 0.1) is 6.42 Å². The van der Waals surface area contributed by atoms with Gasteiger partial charge in [-0.3, -0.25) is 9.59 Å². The van der Waals surface area contributed by atoms with Gasteiger partial charge in [0.2, 0.25) is 0 Å². The molecule has 1 aliphatic carbocycles. The van der Waals surface area contributed by atoms with Gasteiger partial charge in [-0.05, 0) is 24.3 Å². The second kappa shape index (κ2) is 2.91. The van der Waals surface area contributed by atoms with Gasteiger partial charge in [0.15, 0.2) is 5.78 Å². The predicted molar refractivity (Wildman–Crippen MR) is 40.5 cm³/mol. The molecule has 0 unspecified atom stereocenters. The first-order valence-electron chi connectivity index (χ1n) is 3.38. The Morgan fingerprint density at radius 2 is 1.92 bits per heavy atom. The second-order valence-corrected chi connectivity index (χ2v) is 2.63. The summed E-state index contributed by atoms with van der Waals surface area (Å²) in [7, 11) is 0. The SMILES string of the molecule is O=C1C=CC(O)(CC(=O)O)C=C1. The summed E-state index contributed by atoms with van der Waals surface area (Å²) in [5.41, 5.74) is -1.50. The standard InChI is InChI=1S/C8H8O4/c9-6-1-3-8(12,4-2-6)5-7(10)11/h1-4,12H,5H2,(H,10,11). The van der Waals surface area contributed by atoms with Crippen molar-refractivity contribution in [3.63, 3.8) is 0 Å². The van der Waals surface area contributed by atoms with Gasteiger partial charge in [0, 0.05) is 0 Å². The maximum absolute atomic E-state index is 10.6. The van der Waals surface area contributed by atoms with Gasteiger partial charge >= 0.3 is 5.97 Å². The first-order valence-corrected chi connectivity index (χ1v) is 3.38. The molecule has 0 saturated carbocycles. The summed E-state index contributed by atoms with van der Waals surface area (Å²) in [5, 5.41) is 17.8. The molecule has 0 atom stereocenters. The van der Waals surface area contributed by atoms with E-state index in [1.54, 1.807) is 0 Å². The van der Waals surface area contributed by atoms with Gasteiger partial charge < -0.3 is 10.2 Å². The molecule has 2 N–H and O–H groups in total. The smallest absolute Gasteiger partial charge is 0.306 e. The summed E-state index contributed by atoms with van der Waals surface area (Å²) in [4.78, 5) is 20.8. The van der Waals surface area contributed by atoms with Crippen molar-refractivity contribution in [1.82, 2.24) is 0 Å². The van der Waals surface area contributed by atoms with Crippen LogP contribution in [0.4, 0.5) is 0 Å². The number of aliphatic hydroxyl groups is 1. The highest BCUT2D eigenvalue weighted by Gasteiger charge is 2.26. The number of carbonyl (C=O) groups excluding carboxylic acids is 1. The topological polar surface area (TPSA) is 74.6 Å². The van der Waals surface area contributed by atoms with Crippen LogP contribution in [0.2, 0.25) is 0 Å². The lowest BCUT2D eigenvalue weighted by molar-refractivity contribution is -0.140. The van der Waals surface area contributed by atoms with Crippen LogP contribution in [0.3, 0.4) is 0 Å². The molecular weight excluding hydrogens is 160 g/mol. The van der Waals surface area contributed by atoms with Crippen LogP contribution in [0, 0.1) is 0 Å². The van der Waals surface area contributed by atoms with Crippen molar-refractivity contribution in [2.75, 3.05) is 0 Å². The molecular formula is C8H8O4. The summed E-state index contributed by atoms with van der Waals surface area (Å²) in [6.45, 7) is 0. The molecule has 4 nitrogen and oxygen atoms in total. The molecule has 0 radical (unpaired) electrons. The zero-order valence-electron chi connectivity index (χ0n) is 6.23. The molecule has 0 aromatic heterocycles. The third-order valence-electron chi connectivity index (χ3n) is 1.51. The van der Waals surface area contributed by atoms with E-state index in [0.717, 1.165) is 12.2 Å². The monoisotopic (exact) mass is 168 g/mol. The van der Waals surface area contributed by atoms with Crippen LogP contribution in [0.25, 0.3) is 0 Å². The highest BCUT2D eigenvalue weighted by molar-refractivity contribution is 6.00. The summed E-state index contributed by atoms with van der Waals surface area (Å²) in [5.74, 6) is -1.36. The van der Waals surface area contributed by atoms with Crippen LogP contribution < -0.4 is 0 Å². The number of rotatable bonds is 2. The normalized spacial score (nSPS) is 19.6. The Labute approximate surface area is 68.8 Å². The van der Waals surface area contributed by atoms with E-state index in [4.69, 9.17) is 5.11 Å². The molecule has 12 heavy (non-hydrogen) atoms. The maximum Gasteiger partial charge on any atom is 0.306 e. The number of carbonyl (C=O) groups is 2. The lowest BCUT2D eigenvalue weighted by Crippen LogP contribution is -2.28.